The molecule has 0 radical (unpaired) electrons. The number of halogens is 5. The van der Waals surface area contributed by atoms with Crippen LogP contribution in [0.2, 0.25) is 0 Å². The lowest BCUT2D eigenvalue weighted by molar-refractivity contribution is -0.0895. The molecule has 0 aromatic heterocycles. The number of ether oxygens (including phenoxy) is 1. The number of alkyl halides is 5. The van der Waals surface area contributed by atoms with Crippen LogP contribution in [-0.2, 0) is 4.74 Å². The van der Waals surface area contributed by atoms with E-state index in [1.165, 1.54) is 17.1 Å². The highest BCUT2D eigenvalue weighted by molar-refractivity contribution is 7.18. The third kappa shape index (κ3) is 6.91. The quantitative estimate of drug-likeness (QED) is 0.433. The van der Waals surface area contributed by atoms with Crippen molar-refractivity contribution in [2.75, 3.05) is 20.3 Å². The van der Waals surface area contributed by atoms with Gasteiger partial charge in [-0.3, -0.25) is 5.01 Å². The van der Waals surface area contributed by atoms with E-state index in [9.17, 15) is 22.0 Å². The Morgan fingerprint density at radius 2 is 2.00 bits per heavy atom. The van der Waals surface area contributed by atoms with Gasteiger partial charge in [0.05, 0.1) is 17.4 Å². The minimum atomic E-state index is -4.53. The summed E-state index contributed by atoms with van der Waals surface area (Å²) in [5.74, 6) is 0.0915. The van der Waals surface area contributed by atoms with Gasteiger partial charge in [-0.15, -0.1) is 0 Å². The highest BCUT2D eigenvalue weighted by Crippen LogP contribution is 2.35. The summed E-state index contributed by atoms with van der Waals surface area (Å²) in [7, 11) is 3.29. The van der Waals surface area contributed by atoms with E-state index < -0.39 is 30.2 Å². The van der Waals surface area contributed by atoms with Gasteiger partial charge in [0.2, 0.25) is 0 Å². The fourth-order valence-corrected chi connectivity index (χ4v) is 3.78. The third-order valence-electron chi connectivity index (χ3n) is 5.16. The number of hydrogen-bond acceptors (Lipinski definition) is 5. The van der Waals surface area contributed by atoms with Crippen molar-refractivity contribution in [3.63, 3.8) is 0 Å². The molecule has 33 heavy (non-hydrogen) atoms. The normalized spacial score (nSPS) is 27.5. The van der Waals surface area contributed by atoms with Gasteiger partial charge < -0.3 is 15.4 Å². The smallest absolute Gasteiger partial charge is 0.417 e. The van der Waals surface area contributed by atoms with Crippen LogP contribution in [0, 0.1) is 0 Å². The fourth-order valence-electron chi connectivity index (χ4n) is 3.64. The average molecular weight is 490 g/mol. The Morgan fingerprint density at radius 1 is 1.24 bits per heavy atom. The Morgan fingerprint density at radius 3 is 2.70 bits per heavy atom. The summed E-state index contributed by atoms with van der Waals surface area (Å²) in [6.45, 7) is -0.905. The molecule has 0 saturated heterocycles. The standard InChI is InChI=1S/C22H28F5N4OP/c1-30-10-4-6-17(12-16(13-30)22(25,26)27)31-19(8-9-20(28)29-31)15-5-2-3-7-18(11-15)32-21(24,33)14-23/h3,5,7-8,11-13,20,29H,2,4,6,9-10,14,28,33H2,1H3/b16-13+,17-12+. The number of nitrogens with one attached hydrogen (secondary N) is 1. The maximum atomic E-state index is 14.1. The first-order chi connectivity index (χ1) is 15.5. The number of hydrazine groups is 1. The second kappa shape index (κ2) is 10.4. The molecule has 2 aliphatic heterocycles. The number of rotatable bonds is 5. The van der Waals surface area contributed by atoms with E-state index in [1.807, 2.05) is 12.2 Å². The molecule has 0 aromatic carbocycles. The van der Waals surface area contributed by atoms with Crippen molar-refractivity contribution < 1.29 is 26.7 Å². The Hall–Kier alpha value is -2.16. The molecular formula is C22H28F5N4OP. The Bertz CT molecular complexity index is 920. The van der Waals surface area contributed by atoms with Crippen LogP contribution in [0.5, 0.6) is 0 Å². The molecule has 0 bridgehead atoms. The summed E-state index contributed by atoms with van der Waals surface area (Å²) < 4.78 is 73.1. The number of nitrogens with two attached hydrogens (primary N) is 1. The molecule has 3 atom stereocenters. The lowest BCUT2D eigenvalue weighted by Crippen LogP contribution is -2.51. The van der Waals surface area contributed by atoms with Crippen molar-refractivity contribution in [2.45, 2.75) is 43.6 Å². The predicted octanol–water partition coefficient (Wildman–Crippen LogP) is 4.68. The average Bonchev–Trinajstić information content (AvgIpc) is 2.94. The van der Waals surface area contributed by atoms with Crippen LogP contribution in [0.15, 0.2) is 71.0 Å². The van der Waals surface area contributed by atoms with Crippen molar-refractivity contribution >= 4 is 9.24 Å². The van der Waals surface area contributed by atoms with Gasteiger partial charge in [0.1, 0.15) is 5.76 Å². The van der Waals surface area contributed by atoms with Gasteiger partial charge in [-0.05, 0) is 49.5 Å². The summed E-state index contributed by atoms with van der Waals surface area (Å²) in [5.41, 5.74) is 7.32. The van der Waals surface area contributed by atoms with Gasteiger partial charge in [-0.25, -0.2) is 9.82 Å². The third-order valence-corrected chi connectivity index (χ3v) is 5.43. The molecule has 0 fully saturated rings. The zero-order valence-corrected chi connectivity index (χ0v) is 19.4. The van der Waals surface area contributed by atoms with Gasteiger partial charge in [0.15, 0.2) is 6.67 Å². The van der Waals surface area contributed by atoms with Crippen molar-refractivity contribution in [3.05, 3.63) is 71.0 Å². The molecular weight excluding hydrogens is 462 g/mol. The Labute approximate surface area is 192 Å². The minimum absolute atomic E-state index is 0.0915. The topological polar surface area (TPSA) is 53.8 Å². The second-order valence-corrected chi connectivity index (χ2v) is 8.93. The van der Waals surface area contributed by atoms with E-state index in [2.05, 4.69) is 5.43 Å². The van der Waals surface area contributed by atoms with Crippen LogP contribution in [0.3, 0.4) is 0 Å². The van der Waals surface area contributed by atoms with Gasteiger partial charge in [0, 0.05) is 25.5 Å². The first-order valence-corrected chi connectivity index (χ1v) is 11.1. The summed E-state index contributed by atoms with van der Waals surface area (Å²) >= 11 is 0. The molecule has 1 aliphatic carbocycles. The molecule has 0 amide bonds. The molecule has 11 heteroatoms. The summed E-state index contributed by atoms with van der Waals surface area (Å²) in [6, 6.07) is 0. The van der Waals surface area contributed by atoms with Crippen LogP contribution >= 0.6 is 9.24 Å². The molecule has 3 unspecified atom stereocenters. The lowest BCUT2D eigenvalue weighted by Gasteiger charge is -2.38. The van der Waals surface area contributed by atoms with Crippen molar-refractivity contribution in [2.24, 2.45) is 5.73 Å². The molecule has 0 saturated carbocycles. The van der Waals surface area contributed by atoms with Crippen LogP contribution in [0.25, 0.3) is 0 Å². The van der Waals surface area contributed by atoms with E-state index in [1.54, 1.807) is 27.4 Å². The largest absolute Gasteiger partial charge is 0.452 e. The first kappa shape index (κ1) is 25.5. The van der Waals surface area contributed by atoms with Crippen LogP contribution in [-0.4, -0.2) is 48.1 Å². The van der Waals surface area contributed by atoms with E-state index in [4.69, 9.17) is 10.5 Å². The van der Waals surface area contributed by atoms with E-state index >= 15 is 0 Å². The van der Waals surface area contributed by atoms with Crippen LogP contribution < -0.4 is 11.2 Å². The Balaban J connectivity index is 2.00. The van der Waals surface area contributed by atoms with Crippen molar-refractivity contribution in [1.29, 1.82) is 0 Å². The second-order valence-electron chi connectivity index (χ2n) is 8.06. The van der Waals surface area contributed by atoms with E-state index in [0.29, 0.717) is 49.2 Å². The monoisotopic (exact) mass is 490 g/mol. The zero-order chi connectivity index (χ0) is 24.2. The molecule has 5 nitrogen and oxygen atoms in total. The van der Waals surface area contributed by atoms with Crippen molar-refractivity contribution in [3.8, 4) is 0 Å². The highest BCUT2D eigenvalue weighted by Gasteiger charge is 2.35. The molecule has 2 heterocycles. The van der Waals surface area contributed by atoms with Gasteiger partial charge in [0.25, 0.3) is 5.60 Å². The fraction of sp³-hybridized carbons (Fsp3) is 0.455. The van der Waals surface area contributed by atoms with Crippen LogP contribution in [0.1, 0.15) is 25.7 Å². The van der Waals surface area contributed by atoms with Gasteiger partial charge in [-0.1, -0.05) is 27.5 Å². The van der Waals surface area contributed by atoms with Gasteiger partial charge in [-0.2, -0.15) is 17.6 Å². The maximum absolute atomic E-state index is 14.1. The number of hydrogen-bond donors (Lipinski definition) is 2. The minimum Gasteiger partial charge on any atom is -0.452 e. The molecule has 182 valence electrons. The van der Waals surface area contributed by atoms with Crippen LogP contribution in [0.4, 0.5) is 22.0 Å². The number of nitrogens with zero attached hydrogens (tertiary/aromatic N) is 2. The van der Waals surface area contributed by atoms with Crippen molar-refractivity contribution in [1.82, 2.24) is 15.3 Å². The SMILES string of the molecule is CN1/C=C(C(F)(F)F)\C=C(\N2NC(N)CC=C2C2=CCC=CC(OC(F)(P)CF)=C2)CCC1. The van der Waals surface area contributed by atoms with Gasteiger partial charge >= 0.3 is 6.18 Å². The van der Waals surface area contributed by atoms with E-state index in [-0.39, 0.29) is 5.76 Å². The zero-order valence-electron chi connectivity index (χ0n) is 18.2. The molecule has 0 spiro atoms. The lowest BCUT2D eigenvalue weighted by atomic mass is 10.0. The first-order valence-electron chi connectivity index (χ1n) is 10.5. The molecule has 3 rings (SSSR count). The Kier molecular flexibility index (Phi) is 8.03. The summed E-state index contributed by atoms with van der Waals surface area (Å²) in [4.78, 5) is 1.52. The summed E-state index contributed by atoms with van der Waals surface area (Å²) in [5, 5.41) is 1.56. The maximum Gasteiger partial charge on any atom is 0.417 e. The molecule has 3 N–H and O–H groups in total. The molecule has 0 aromatic rings. The number of allylic oxidation sites excluding steroid dienone is 7. The highest BCUT2D eigenvalue weighted by atomic mass is 31.0. The predicted molar refractivity (Wildman–Crippen MR) is 120 cm³/mol. The van der Waals surface area contributed by atoms with E-state index in [0.717, 1.165) is 12.3 Å². The molecule has 3 aliphatic rings. The summed E-state index contributed by atoms with van der Waals surface area (Å²) in [6.07, 6.45) is 7.51.